The van der Waals surface area contributed by atoms with Crippen LogP contribution in [0.4, 0.5) is 0 Å². The molecule has 0 aliphatic rings. The van der Waals surface area contributed by atoms with Crippen molar-refractivity contribution < 1.29 is 0 Å². The van der Waals surface area contributed by atoms with E-state index in [1.54, 1.807) is 11.3 Å². The minimum absolute atomic E-state index is 0.639. The van der Waals surface area contributed by atoms with Crippen molar-refractivity contribution in [1.82, 2.24) is 4.98 Å². The van der Waals surface area contributed by atoms with Crippen molar-refractivity contribution in [2.45, 2.75) is 40.0 Å². The topological polar surface area (TPSA) is 12.9 Å². The summed E-state index contributed by atoms with van der Waals surface area (Å²) in [5.41, 5.74) is 7.14. The fraction of sp³-hybridized carbons (Fsp3) is 0.400. The van der Waals surface area contributed by atoms with E-state index in [0.717, 1.165) is 5.69 Å². The van der Waals surface area contributed by atoms with Crippen LogP contribution in [0, 0.1) is 13.8 Å². The van der Waals surface area contributed by atoms with Gasteiger partial charge in [-0.3, -0.25) is 0 Å². The molecule has 0 saturated heterocycles. The second-order valence-corrected chi connectivity index (χ2v) is 5.70. The molecule has 1 aromatic heterocycles. The first kappa shape index (κ1) is 12.3. The highest BCUT2D eigenvalue weighted by atomic mass is 32.1. The standard InChI is InChI=1S/C15H19NS/c1-5-10(2)14-7-6-13(8-11(14)3)15-12(4)17-9-16-15/h6-10H,5H2,1-4H3. The predicted molar refractivity (Wildman–Crippen MR) is 75.7 cm³/mol. The minimum Gasteiger partial charge on any atom is -0.244 e. The van der Waals surface area contributed by atoms with Gasteiger partial charge in [-0.25, -0.2) is 4.98 Å². The molecule has 0 spiro atoms. The number of benzene rings is 1. The van der Waals surface area contributed by atoms with Crippen LogP contribution in [-0.4, -0.2) is 4.98 Å². The number of aromatic nitrogens is 1. The van der Waals surface area contributed by atoms with Gasteiger partial charge in [0.05, 0.1) is 11.2 Å². The van der Waals surface area contributed by atoms with E-state index in [-0.39, 0.29) is 0 Å². The molecule has 0 N–H and O–H groups in total. The van der Waals surface area contributed by atoms with Crippen LogP contribution in [0.1, 0.15) is 42.2 Å². The summed E-state index contributed by atoms with van der Waals surface area (Å²) in [6, 6.07) is 6.73. The van der Waals surface area contributed by atoms with Gasteiger partial charge in [0, 0.05) is 10.4 Å². The number of hydrogen-bond donors (Lipinski definition) is 0. The van der Waals surface area contributed by atoms with Crippen molar-refractivity contribution in [2.75, 3.05) is 0 Å². The largest absolute Gasteiger partial charge is 0.244 e. The van der Waals surface area contributed by atoms with Gasteiger partial charge in [-0.05, 0) is 43.4 Å². The van der Waals surface area contributed by atoms with E-state index in [0.29, 0.717) is 5.92 Å². The van der Waals surface area contributed by atoms with E-state index in [9.17, 15) is 0 Å². The third kappa shape index (κ3) is 2.42. The van der Waals surface area contributed by atoms with Crippen molar-refractivity contribution in [2.24, 2.45) is 0 Å². The molecule has 1 unspecified atom stereocenters. The van der Waals surface area contributed by atoms with Crippen LogP contribution in [0.15, 0.2) is 23.7 Å². The maximum absolute atomic E-state index is 4.44. The van der Waals surface area contributed by atoms with E-state index in [1.807, 2.05) is 5.51 Å². The predicted octanol–water partition coefficient (Wildman–Crippen LogP) is 4.94. The van der Waals surface area contributed by atoms with Crippen molar-refractivity contribution in [3.8, 4) is 11.3 Å². The average molecular weight is 245 g/mol. The molecule has 90 valence electrons. The van der Waals surface area contributed by atoms with Gasteiger partial charge in [-0.1, -0.05) is 26.0 Å². The van der Waals surface area contributed by atoms with Crippen LogP contribution in [0.5, 0.6) is 0 Å². The summed E-state index contributed by atoms with van der Waals surface area (Å²) < 4.78 is 0. The summed E-state index contributed by atoms with van der Waals surface area (Å²) in [7, 11) is 0. The van der Waals surface area contributed by atoms with Gasteiger partial charge in [0.15, 0.2) is 0 Å². The number of thiazole rings is 1. The molecule has 17 heavy (non-hydrogen) atoms. The molecule has 1 nitrogen and oxygen atoms in total. The summed E-state index contributed by atoms with van der Waals surface area (Å²) in [5.74, 6) is 0.639. The molecule has 2 aromatic rings. The number of nitrogens with zero attached hydrogens (tertiary/aromatic N) is 1. The van der Waals surface area contributed by atoms with Crippen molar-refractivity contribution in [3.05, 3.63) is 39.7 Å². The lowest BCUT2D eigenvalue weighted by Gasteiger charge is -2.13. The molecule has 2 rings (SSSR count). The Balaban J connectivity index is 2.41. The van der Waals surface area contributed by atoms with Crippen molar-refractivity contribution in [3.63, 3.8) is 0 Å². The Morgan fingerprint density at radius 2 is 2.06 bits per heavy atom. The molecular formula is C15H19NS. The molecule has 0 fully saturated rings. The Hall–Kier alpha value is -1.15. The molecule has 0 amide bonds. The molecule has 1 heterocycles. The van der Waals surface area contributed by atoms with E-state index in [4.69, 9.17) is 0 Å². The zero-order valence-corrected chi connectivity index (χ0v) is 11.8. The van der Waals surface area contributed by atoms with Crippen LogP contribution >= 0.6 is 11.3 Å². The normalized spacial score (nSPS) is 12.7. The Kier molecular flexibility index (Phi) is 3.63. The van der Waals surface area contributed by atoms with Gasteiger partial charge < -0.3 is 0 Å². The fourth-order valence-corrected chi connectivity index (χ4v) is 2.78. The highest BCUT2D eigenvalue weighted by molar-refractivity contribution is 7.10. The Morgan fingerprint density at radius 3 is 2.59 bits per heavy atom. The lowest BCUT2D eigenvalue weighted by Crippen LogP contribution is -1.95. The second-order valence-electron chi connectivity index (χ2n) is 4.64. The van der Waals surface area contributed by atoms with Crippen LogP contribution in [0.25, 0.3) is 11.3 Å². The average Bonchev–Trinajstić information content (AvgIpc) is 2.74. The second kappa shape index (κ2) is 5.01. The van der Waals surface area contributed by atoms with Gasteiger partial charge in [0.2, 0.25) is 0 Å². The highest BCUT2D eigenvalue weighted by Crippen LogP contribution is 2.29. The number of aryl methyl sites for hydroxylation is 2. The molecule has 2 heteroatoms. The van der Waals surface area contributed by atoms with Gasteiger partial charge in [0.25, 0.3) is 0 Å². The van der Waals surface area contributed by atoms with Crippen LogP contribution in [-0.2, 0) is 0 Å². The van der Waals surface area contributed by atoms with Crippen LogP contribution < -0.4 is 0 Å². The smallest absolute Gasteiger partial charge is 0.0840 e. The zero-order valence-electron chi connectivity index (χ0n) is 10.9. The summed E-state index contributed by atoms with van der Waals surface area (Å²) in [5, 5.41) is 0. The summed E-state index contributed by atoms with van der Waals surface area (Å²) in [4.78, 5) is 5.73. The first-order chi connectivity index (χ1) is 8.13. The molecule has 0 bridgehead atoms. The monoisotopic (exact) mass is 245 g/mol. The Labute approximate surface area is 108 Å². The zero-order chi connectivity index (χ0) is 12.4. The van der Waals surface area contributed by atoms with Gasteiger partial charge in [0.1, 0.15) is 0 Å². The molecule has 0 saturated carbocycles. The third-order valence-corrected chi connectivity index (χ3v) is 4.19. The Morgan fingerprint density at radius 1 is 1.29 bits per heavy atom. The van der Waals surface area contributed by atoms with Crippen LogP contribution in [0.3, 0.4) is 0 Å². The molecule has 0 radical (unpaired) electrons. The van der Waals surface area contributed by atoms with E-state index < -0.39 is 0 Å². The summed E-state index contributed by atoms with van der Waals surface area (Å²) >= 11 is 1.71. The lowest BCUT2D eigenvalue weighted by molar-refractivity contribution is 0.728. The highest BCUT2D eigenvalue weighted by Gasteiger charge is 2.10. The first-order valence-electron chi connectivity index (χ1n) is 6.14. The van der Waals surface area contributed by atoms with Crippen LogP contribution in [0.2, 0.25) is 0 Å². The SMILES string of the molecule is CCC(C)c1ccc(-c2ncsc2C)cc1C. The van der Waals surface area contributed by atoms with Gasteiger partial charge in [-0.2, -0.15) is 0 Å². The van der Waals surface area contributed by atoms with Gasteiger partial charge >= 0.3 is 0 Å². The molecule has 0 aliphatic carbocycles. The third-order valence-electron chi connectivity index (χ3n) is 3.43. The molecular weight excluding hydrogens is 226 g/mol. The maximum Gasteiger partial charge on any atom is 0.0840 e. The molecule has 1 aromatic carbocycles. The van der Waals surface area contributed by atoms with Crippen molar-refractivity contribution >= 4 is 11.3 Å². The minimum atomic E-state index is 0.639. The number of rotatable bonds is 3. The quantitative estimate of drug-likeness (QED) is 0.746. The Bertz CT molecular complexity index is 513. The molecule has 1 atom stereocenters. The fourth-order valence-electron chi connectivity index (χ4n) is 2.18. The van der Waals surface area contributed by atoms with E-state index >= 15 is 0 Å². The summed E-state index contributed by atoms with van der Waals surface area (Å²) in [6.45, 7) is 8.86. The molecule has 0 aliphatic heterocycles. The van der Waals surface area contributed by atoms with Crippen molar-refractivity contribution in [1.29, 1.82) is 0 Å². The number of hydrogen-bond acceptors (Lipinski definition) is 2. The first-order valence-corrected chi connectivity index (χ1v) is 7.02. The van der Waals surface area contributed by atoms with Gasteiger partial charge in [-0.15, -0.1) is 11.3 Å². The van der Waals surface area contributed by atoms with E-state index in [1.165, 1.54) is 28.0 Å². The lowest BCUT2D eigenvalue weighted by atomic mass is 9.92. The van der Waals surface area contributed by atoms with E-state index in [2.05, 4.69) is 50.9 Å². The summed E-state index contributed by atoms with van der Waals surface area (Å²) in [6.07, 6.45) is 1.19. The maximum atomic E-state index is 4.44.